The third kappa shape index (κ3) is 4.67. The molecule has 5 nitrogen and oxygen atoms in total. The van der Waals surface area contributed by atoms with Crippen LogP contribution >= 0.6 is 0 Å². The van der Waals surface area contributed by atoms with E-state index in [4.69, 9.17) is 0 Å². The second kappa shape index (κ2) is 8.10. The Hall–Kier alpha value is -3.15. The summed E-state index contributed by atoms with van der Waals surface area (Å²) in [5.74, 6) is 0.443. The fourth-order valence-corrected chi connectivity index (χ4v) is 2.37. The molecule has 0 aliphatic heterocycles. The maximum atomic E-state index is 12.9. The number of para-hydroxylation sites is 1. The molecular formula is C19H20FN5. The number of benzene rings is 2. The zero-order valence-electron chi connectivity index (χ0n) is 14.0. The number of halogens is 1. The first kappa shape index (κ1) is 16.7. The van der Waals surface area contributed by atoms with Crippen LogP contribution in [0.2, 0.25) is 0 Å². The van der Waals surface area contributed by atoms with Crippen molar-refractivity contribution in [3.05, 3.63) is 83.9 Å². The van der Waals surface area contributed by atoms with Crippen LogP contribution in [0.25, 0.3) is 5.69 Å². The van der Waals surface area contributed by atoms with Crippen molar-refractivity contribution >= 4 is 5.96 Å². The Labute approximate surface area is 146 Å². The Balaban J connectivity index is 1.53. The Morgan fingerprint density at radius 3 is 2.36 bits per heavy atom. The molecule has 0 aliphatic carbocycles. The number of nitrogens with zero attached hydrogens (tertiary/aromatic N) is 3. The second-order valence-electron chi connectivity index (χ2n) is 5.53. The normalized spacial score (nSPS) is 11.4. The molecule has 0 amide bonds. The maximum Gasteiger partial charge on any atom is 0.191 e. The van der Waals surface area contributed by atoms with E-state index in [9.17, 15) is 4.39 Å². The maximum absolute atomic E-state index is 12.9. The Bertz CT molecular complexity index is 825. The van der Waals surface area contributed by atoms with Gasteiger partial charge in [0.1, 0.15) is 5.82 Å². The van der Waals surface area contributed by atoms with Crippen molar-refractivity contribution in [2.75, 3.05) is 7.05 Å². The summed E-state index contributed by atoms with van der Waals surface area (Å²) in [6, 6.07) is 16.4. The summed E-state index contributed by atoms with van der Waals surface area (Å²) in [5.41, 5.74) is 3.06. The first-order valence-corrected chi connectivity index (χ1v) is 8.02. The van der Waals surface area contributed by atoms with E-state index < -0.39 is 0 Å². The third-order valence-corrected chi connectivity index (χ3v) is 3.71. The number of nitrogens with one attached hydrogen (secondary N) is 2. The molecule has 2 aromatic carbocycles. The molecule has 1 heterocycles. The van der Waals surface area contributed by atoms with Gasteiger partial charge in [-0.1, -0.05) is 30.3 Å². The standard InChI is InChI=1S/C19H20FN5/c1-21-19(22-11-15-7-9-17(20)10-8-15)23-12-16-13-24-25(14-16)18-5-3-2-4-6-18/h2-10,13-14H,11-12H2,1H3,(H2,21,22,23). The van der Waals surface area contributed by atoms with Gasteiger partial charge in [0.05, 0.1) is 11.9 Å². The SMILES string of the molecule is CN=C(NCc1ccc(F)cc1)NCc1cnn(-c2ccccc2)c1. The zero-order valence-corrected chi connectivity index (χ0v) is 14.0. The molecule has 0 fully saturated rings. The molecule has 0 unspecified atom stereocenters. The summed E-state index contributed by atoms with van der Waals surface area (Å²) in [5, 5.41) is 10.8. The van der Waals surface area contributed by atoms with Gasteiger partial charge in [-0.3, -0.25) is 4.99 Å². The van der Waals surface area contributed by atoms with E-state index in [0.29, 0.717) is 19.0 Å². The quantitative estimate of drug-likeness (QED) is 0.556. The highest BCUT2D eigenvalue weighted by Gasteiger charge is 2.03. The molecule has 0 bridgehead atoms. The van der Waals surface area contributed by atoms with E-state index in [-0.39, 0.29) is 5.82 Å². The second-order valence-corrected chi connectivity index (χ2v) is 5.53. The van der Waals surface area contributed by atoms with E-state index in [1.807, 2.05) is 47.4 Å². The van der Waals surface area contributed by atoms with E-state index in [1.54, 1.807) is 19.2 Å². The van der Waals surface area contributed by atoms with Crippen LogP contribution in [0, 0.1) is 5.82 Å². The van der Waals surface area contributed by atoms with Crippen LogP contribution < -0.4 is 10.6 Å². The highest BCUT2D eigenvalue weighted by atomic mass is 19.1. The van der Waals surface area contributed by atoms with Crippen LogP contribution in [0.15, 0.2) is 72.0 Å². The van der Waals surface area contributed by atoms with Crippen molar-refractivity contribution in [3.63, 3.8) is 0 Å². The van der Waals surface area contributed by atoms with Gasteiger partial charge in [0.15, 0.2) is 5.96 Å². The van der Waals surface area contributed by atoms with Gasteiger partial charge in [-0.05, 0) is 29.8 Å². The lowest BCUT2D eigenvalue weighted by atomic mass is 10.2. The van der Waals surface area contributed by atoms with Crippen LogP contribution in [0.1, 0.15) is 11.1 Å². The molecule has 0 radical (unpaired) electrons. The van der Waals surface area contributed by atoms with E-state index >= 15 is 0 Å². The van der Waals surface area contributed by atoms with Crippen molar-refractivity contribution in [3.8, 4) is 5.69 Å². The topological polar surface area (TPSA) is 54.2 Å². The smallest absolute Gasteiger partial charge is 0.191 e. The van der Waals surface area contributed by atoms with Crippen molar-refractivity contribution in [1.82, 2.24) is 20.4 Å². The van der Waals surface area contributed by atoms with Gasteiger partial charge in [-0.2, -0.15) is 5.10 Å². The minimum atomic E-state index is -0.235. The highest BCUT2D eigenvalue weighted by Crippen LogP contribution is 2.07. The van der Waals surface area contributed by atoms with Gasteiger partial charge in [-0.15, -0.1) is 0 Å². The zero-order chi connectivity index (χ0) is 17.5. The minimum absolute atomic E-state index is 0.235. The van der Waals surface area contributed by atoms with E-state index in [1.165, 1.54) is 12.1 Å². The lowest BCUT2D eigenvalue weighted by Gasteiger charge is -2.11. The third-order valence-electron chi connectivity index (χ3n) is 3.71. The van der Waals surface area contributed by atoms with Gasteiger partial charge in [-0.25, -0.2) is 9.07 Å². The first-order valence-electron chi connectivity index (χ1n) is 8.02. The Morgan fingerprint density at radius 2 is 1.68 bits per heavy atom. The van der Waals surface area contributed by atoms with Crippen LogP contribution in [0.5, 0.6) is 0 Å². The molecule has 0 saturated heterocycles. The van der Waals surface area contributed by atoms with Crippen molar-refractivity contribution in [2.45, 2.75) is 13.1 Å². The summed E-state index contributed by atoms with van der Waals surface area (Å²) < 4.78 is 14.8. The molecule has 0 saturated carbocycles. The molecule has 6 heteroatoms. The monoisotopic (exact) mass is 337 g/mol. The van der Waals surface area contributed by atoms with Crippen molar-refractivity contribution < 1.29 is 4.39 Å². The van der Waals surface area contributed by atoms with Crippen LogP contribution in [-0.4, -0.2) is 22.8 Å². The average Bonchev–Trinajstić information content (AvgIpc) is 3.13. The van der Waals surface area contributed by atoms with Gasteiger partial charge < -0.3 is 10.6 Å². The number of hydrogen-bond acceptors (Lipinski definition) is 2. The minimum Gasteiger partial charge on any atom is -0.352 e. The van der Waals surface area contributed by atoms with E-state index in [0.717, 1.165) is 16.8 Å². The highest BCUT2D eigenvalue weighted by molar-refractivity contribution is 5.79. The molecule has 0 aliphatic rings. The fraction of sp³-hybridized carbons (Fsp3) is 0.158. The largest absolute Gasteiger partial charge is 0.352 e. The number of aliphatic imine (C=N–C) groups is 1. The van der Waals surface area contributed by atoms with Crippen LogP contribution in [-0.2, 0) is 13.1 Å². The molecule has 25 heavy (non-hydrogen) atoms. The number of guanidine groups is 1. The predicted octanol–water partition coefficient (Wildman–Crippen LogP) is 2.88. The van der Waals surface area contributed by atoms with Crippen LogP contribution in [0.3, 0.4) is 0 Å². The molecule has 1 aromatic heterocycles. The fourth-order valence-electron chi connectivity index (χ4n) is 2.37. The van der Waals surface area contributed by atoms with Gasteiger partial charge in [0.25, 0.3) is 0 Å². The summed E-state index contributed by atoms with van der Waals surface area (Å²) >= 11 is 0. The first-order chi connectivity index (χ1) is 12.2. The lowest BCUT2D eigenvalue weighted by Crippen LogP contribution is -2.36. The molecule has 128 valence electrons. The molecule has 3 rings (SSSR count). The number of hydrogen-bond donors (Lipinski definition) is 2. The Kier molecular flexibility index (Phi) is 5.41. The molecule has 0 atom stereocenters. The van der Waals surface area contributed by atoms with Crippen molar-refractivity contribution in [2.24, 2.45) is 4.99 Å². The molecular weight excluding hydrogens is 317 g/mol. The summed E-state index contributed by atoms with van der Waals surface area (Å²) in [6.45, 7) is 1.18. The van der Waals surface area contributed by atoms with Crippen LogP contribution in [0.4, 0.5) is 4.39 Å². The molecule has 2 N–H and O–H groups in total. The lowest BCUT2D eigenvalue weighted by molar-refractivity contribution is 0.626. The van der Waals surface area contributed by atoms with Gasteiger partial charge in [0.2, 0.25) is 0 Å². The summed E-state index contributed by atoms with van der Waals surface area (Å²) in [4.78, 5) is 4.19. The molecule has 0 spiro atoms. The number of aromatic nitrogens is 2. The summed E-state index contributed by atoms with van der Waals surface area (Å²) in [6.07, 6.45) is 3.81. The predicted molar refractivity (Wildman–Crippen MR) is 97.0 cm³/mol. The van der Waals surface area contributed by atoms with Gasteiger partial charge in [0, 0.05) is 31.9 Å². The average molecular weight is 337 g/mol. The van der Waals surface area contributed by atoms with E-state index in [2.05, 4.69) is 20.7 Å². The van der Waals surface area contributed by atoms with Crippen molar-refractivity contribution in [1.29, 1.82) is 0 Å². The molecule has 3 aromatic rings. The number of rotatable bonds is 5. The van der Waals surface area contributed by atoms with Gasteiger partial charge >= 0.3 is 0 Å². The summed E-state index contributed by atoms with van der Waals surface area (Å²) in [7, 11) is 1.72. The Morgan fingerprint density at radius 1 is 1.00 bits per heavy atom.